The second-order valence-electron chi connectivity index (χ2n) is 6.09. The summed E-state index contributed by atoms with van der Waals surface area (Å²) < 4.78 is 19.7. The molecule has 0 saturated carbocycles. The summed E-state index contributed by atoms with van der Waals surface area (Å²) in [4.78, 5) is 26.3. The zero-order valence-corrected chi connectivity index (χ0v) is 16.1. The number of hydrogen-bond acceptors (Lipinski definition) is 4. The molecule has 3 rings (SSSR count). The highest BCUT2D eigenvalue weighted by Crippen LogP contribution is 2.18. The highest BCUT2D eigenvalue weighted by molar-refractivity contribution is 9.10. The van der Waals surface area contributed by atoms with Crippen molar-refractivity contribution < 1.29 is 18.7 Å². The van der Waals surface area contributed by atoms with Crippen LogP contribution in [0.2, 0.25) is 0 Å². The third-order valence-electron chi connectivity index (χ3n) is 4.07. The van der Waals surface area contributed by atoms with Crippen LogP contribution in [0.3, 0.4) is 0 Å². The molecule has 0 unspecified atom stereocenters. The lowest BCUT2D eigenvalue weighted by Gasteiger charge is -2.25. The molecule has 1 saturated heterocycles. The van der Waals surface area contributed by atoms with E-state index in [0.717, 1.165) is 13.1 Å². The standard InChI is InChI=1S/C19H19BrFN3O3/c20-13-1-6-16(17(21)11-13)19(26)23-15-4-2-14(3-5-15)22-18(25)12-24-7-9-27-10-8-24/h1-6,11H,7-10,12H2,(H,22,25)(H,23,26). The number of nitrogens with one attached hydrogen (secondary N) is 2. The Morgan fingerprint density at radius 2 is 1.67 bits per heavy atom. The van der Waals surface area contributed by atoms with Crippen LogP contribution >= 0.6 is 15.9 Å². The molecule has 0 atom stereocenters. The van der Waals surface area contributed by atoms with Gasteiger partial charge in [0.05, 0.1) is 25.3 Å². The van der Waals surface area contributed by atoms with E-state index in [1.54, 1.807) is 30.3 Å². The van der Waals surface area contributed by atoms with Gasteiger partial charge in [-0.2, -0.15) is 0 Å². The first-order valence-corrected chi connectivity index (χ1v) is 9.27. The van der Waals surface area contributed by atoms with E-state index in [1.807, 2.05) is 4.90 Å². The number of benzene rings is 2. The maximum absolute atomic E-state index is 13.9. The predicted molar refractivity (Wildman–Crippen MR) is 104 cm³/mol. The molecule has 0 radical (unpaired) electrons. The molecular formula is C19H19BrFN3O3. The molecule has 2 aromatic rings. The van der Waals surface area contributed by atoms with Crippen LogP contribution in [0.25, 0.3) is 0 Å². The lowest BCUT2D eigenvalue weighted by Crippen LogP contribution is -2.41. The lowest BCUT2D eigenvalue weighted by atomic mass is 10.2. The summed E-state index contributed by atoms with van der Waals surface area (Å²) in [5, 5.41) is 5.45. The number of morpholine rings is 1. The van der Waals surface area contributed by atoms with Crippen molar-refractivity contribution in [2.75, 3.05) is 43.5 Å². The second kappa shape index (κ2) is 9.07. The molecule has 8 heteroatoms. The summed E-state index contributed by atoms with van der Waals surface area (Å²) >= 11 is 3.16. The van der Waals surface area contributed by atoms with Crippen molar-refractivity contribution in [1.29, 1.82) is 0 Å². The Morgan fingerprint density at radius 3 is 2.30 bits per heavy atom. The highest BCUT2D eigenvalue weighted by atomic mass is 79.9. The van der Waals surface area contributed by atoms with E-state index >= 15 is 0 Å². The molecule has 1 heterocycles. The fourth-order valence-corrected chi connectivity index (χ4v) is 3.00. The summed E-state index contributed by atoms with van der Waals surface area (Å²) in [6.45, 7) is 3.07. The van der Waals surface area contributed by atoms with Crippen LogP contribution in [0.5, 0.6) is 0 Å². The smallest absolute Gasteiger partial charge is 0.258 e. The van der Waals surface area contributed by atoms with Gasteiger partial charge in [0.1, 0.15) is 5.82 Å². The van der Waals surface area contributed by atoms with E-state index in [4.69, 9.17) is 4.74 Å². The maximum atomic E-state index is 13.9. The number of halogens is 2. The Balaban J connectivity index is 1.55. The van der Waals surface area contributed by atoms with Crippen LogP contribution in [0.1, 0.15) is 10.4 Å². The molecule has 1 aliphatic heterocycles. The van der Waals surface area contributed by atoms with E-state index in [1.165, 1.54) is 12.1 Å². The number of rotatable bonds is 5. The van der Waals surface area contributed by atoms with E-state index < -0.39 is 11.7 Å². The van der Waals surface area contributed by atoms with E-state index in [0.29, 0.717) is 35.6 Å². The van der Waals surface area contributed by atoms with Crippen LogP contribution in [0.4, 0.5) is 15.8 Å². The average Bonchev–Trinajstić information content (AvgIpc) is 2.64. The molecule has 1 aliphatic rings. The molecule has 2 amide bonds. The summed E-state index contributed by atoms with van der Waals surface area (Å²) in [5.74, 6) is -1.25. The van der Waals surface area contributed by atoms with Gasteiger partial charge in [0.25, 0.3) is 5.91 Å². The van der Waals surface area contributed by atoms with Gasteiger partial charge in [-0.05, 0) is 42.5 Å². The Hall–Kier alpha value is -2.29. The van der Waals surface area contributed by atoms with Gasteiger partial charge in [-0.15, -0.1) is 0 Å². The van der Waals surface area contributed by atoms with Crippen molar-refractivity contribution in [3.05, 3.63) is 58.3 Å². The quantitative estimate of drug-likeness (QED) is 0.756. The lowest BCUT2D eigenvalue weighted by molar-refractivity contribution is -0.118. The SMILES string of the molecule is O=C(CN1CCOCC1)Nc1ccc(NC(=O)c2ccc(Br)cc2F)cc1. The van der Waals surface area contributed by atoms with Gasteiger partial charge in [0.2, 0.25) is 5.91 Å². The number of ether oxygens (including phenoxy) is 1. The zero-order valence-electron chi connectivity index (χ0n) is 14.5. The minimum absolute atomic E-state index is 0.0407. The normalized spacial score (nSPS) is 14.6. The third-order valence-corrected chi connectivity index (χ3v) is 4.57. The zero-order chi connectivity index (χ0) is 19.2. The minimum atomic E-state index is -0.603. The summed E-state index contributed by atoms with van der Waals surface area (Å²) in [6.07, 6.45) is 0. The fourth-order valence-electron chi connectivity index (χ4n) is 2.67. The van der Waals surface area contributed by atoms with Gasteiger partial charge in [0.15, 0.2) is 0 Å². The van der Waals surface area contributed by atoms with Crippen LogP contribution in [0, 0.1) is 5.82 Å². The molecule has 1 fully saturated rings. The largest absolute Gasteiger partial charge is 0.379 e. The number of hydrogen-bond donors (Lipinski definition) is 2. The molecule has 142 valence electrons. The first kappa shape index (κ1) is 19.5. The molecule has 0 bridgehead atoms. The van der Waals surface area contributed by atoms with Gasteiger partial charge in [-0.25, -0.2) is 4.39 Å². The Kier molecular flexibility index (Phi) is 6.54. The first-order chi connectivity index (χ1) is 13.0. The highest BCUT2D eigenvalue weighted by Gasteiger charge is 2.15. The van der Waals surface area contributed by atoms with E-state index in [-0.39, 0.29) is 11.5 Å². The first-order valence-electron chi connectivity index (χ1n) is 8.48. The molecule has 2 aromatic carbocycles. The average molecular weight is 436 g/mol. The van der Waals surface area contributed by atoms with Crippen molar-refractivity contribution >= 4 is 39.1 Å². The summed E-state index contributed by atoms with van der Waals surface area (Å²) in [6, 6.07) is 10.9. The van der Waals surface area contributed by atoms with Gasteiger partial charge in [-0.1, -0.05) is 15.9 Å². The van der Waals surface area contributed by atoms with E-state index in [2.05, 4.69) is 26.6 Å². The molecule has 6 nitrogen and oxygen atoms in total. The van der Waals surface area contributed by atoms with Crippen LogP contribution in [-0.4, -0.2) is 49.6 Å². The van der Waals surface area contributed by atoms with Crippen molar-refractivity contribution in [2.24, 2.45) is 0 Å². The fraction of sp³-hybridized carbons (Fsp3) is 0.263. The molecule has 0 aliphatic carbocycles. The maximum Gasteiger partial charge on any atom is 0.258 e. The number of carbonyl (C=O) groups is 2. The summed E-state index contributed by atoms with van der Waals surface area (Å²) in [7, 11) is 0. The predicted octanol–water partition coefficient (Wildman–Crippen LogP) is 3.11. The molecule has 0 aromatic heterocycles. The van der Waals surface area contributed by atoms with Crippen LogP contribution < -0.4 is 10.6 Å². The van der Waals surface area contributed by atoms with Gasteiger partial charge in [-0.3, -0.25) is 14.5 Å². The Labute approximate surface area is 164 Å². The minimum Gasteiger partial charge on any atom is -0.379 e. The van der Waals surface area contributed by atoms with Gasteiger partial charge < -0.3 is 15.4 Å². The van der Waals surface area contributed by atoms with Crippen molar-refractivity contribution in [1.82, 2.24) is 4.90 Å². The van der Waals surface area contributed by atoms with Gasteiger partial charge >= 0.3 is 0 Å². The number of anilines is 2. The topological polar surface area (TPSA) is 70.7 Å². The van der Waals surface area contributed by atoms with E-state index in [9.17, 15) is 14.0 Å². The third kappa shape index (κ3) is 5.59. The molecule has 27 heavy (non-hydrogen) atoms. The van der Waals surface area contributed by atoms with Crippen LogP contribution in [0.15, 0.2) is 46.9 Å². The Bertz CT molecular complexity index is 823. The molecule has 0 spiro atoms. The van der Waals surface area contributed by atoms with Crippen molar-refractivity contribution in [2.45, 2.75) is 0 Å². The van der Waals surface area contributed by atoms with Crippen LogP contribution in [-0.2, 0) is 9.53 Å². The van der Waals surface area contributed by atoms with Crippen molar-refractivity contribution in [3.63, 3.8) is 0 Å². The number of carbonyl (C=O) groups excluding carboxylic acids is 2. The Morgan fingerprint density at radius 1 is 1.04 bits per heavy atom. The molecular weight excluding hydrogens is 417 g/mol. The van der Waals surface area contributed by atoms with Gasteiger partial charge in [0, 0.05) is 28.9 Å². The number of amides is 2. The monoisotopic (exact) mass is 435 g/mol. The van der Waals surface area contributed by atoms with Crippen molar-refractivity contribution in [3.8, 4) is 0 Å². The number of nitrogens with zero attached hydrogens (tertiary/aromatic N) is 1. The summed E-state index contributed by atoms with van der Waals surface area (Å²) in [5.41, 5.74) is 1.09. The second-order valence-corrected chi connectivity index (χ2v) is 7.01. The molecule has 2 N–H and O–H groups in total.